The molecule has 0 fully saturated rings. The molecule has 3 rings (SSSR count). The third-order valence-corrected chi connectivity index (χ3v) is 3.19. The van der Waals surface area contributed by atoms with Gasteiger partial charge in [-0.1, -0.05) is 18.2 Å². The van der Waals surface area contributed by atoms with E-state index in [1.54, 1.807) is 20.4 Å². The maximum absolute atomic E-state index is 5.82. The van der Waals surface area contributed by atoms with Crippen LogP contribution in [0.1, 0.15) is 0 Å². The Morgan fingerprint density at radius 3 is 2.33 bits per heavy atom. The minimum absolute atomic E-state index is 0.598. The highest BCUT2D eigenvalue weighted by Gasteiger charge is 2.11. The van der Waals surface area contributed by atoms with E-state index < -0.39 is 0 Å². The maximum atomic E-state index is 5.82. The lowest BCUT2D eigenvalue weighted by Gasteiger charge is -2.08. The second-order valence-corrected chi connectivity index (χ2v) is 4.47. The Balaban J connectivity index is 1.97. The van der Waals surface area contributed by atoms with E-state index in [1.165, 1.54) is 0 Å². The number of ether oxygens (including phenoxy) is 2. The van der Waals surface area contributed by atoms with E-state index in [0.29, 0.717) is 23.1 Å². The summed E-state index contributed by atoms with van der Waals surface area (Å²) >= 11 is 0. The zero-order valence-electron chi connectivity index (χ0n) is 11.9. The molecule has 0 saturated carbocycles. The Kier molecular flexibility index (Phi) is 3.60. The highest BCUT2D eigenvalue weighted by atomic mass is 16.5. The molecule has 3 aromatic rings. The number of benzene rings is 2. The van der Waals surface area contributed by atoms with Gasteiger partial charge in [0.05, 0.1) is 20.4 Å². The van der Waals surface area contributed by atoms with E-state index in [0.717, 1.165) is 11.1 Å². The third kappa shape index (κ3) is 2.60. The molecular weight excluding hydrogens is 266 g/mol. The first-order valence-electron chi connectivity index (χ1n) is 6.55. The normalized spacial score (nSPS) is 10.4. The van der Waals surface area contributed by atoms with Crippen molar-refractivity contribution >= 4 is 0 Å². The topological polar surface area (TPSA) is 44.5 Å². The number of methoxy groups -OCH3 is 2. The van der Waals surface area contributed by atoms with E-state index in [2.05, 4.69) is 4.98 Å². The van der Waals surface area contributed by atoms with Gasteiger partial charge in [0.25, 0.3) is 0 Å². The summed E-state index contributed by atoms with van der Waals surface area (Å²) in [6.07, 6.45) is 1.71. The predicted molar refractivity (Wildman–Crippen MR) is 80.5 cm³/mol. The van der Waals surface area contributed by atoms with E-state index in [4.69, 9.17) is 13.9 Å². The lowest BCUT2D eigenvalue weighted by molar-refractivity contribution is 0.355. The Bertz CT molecular complexity index is 735. The SMILES string of the molecule is COc1ccc(-c2cnc(-c3ccccc3)o2)cc1OC. The highest BCUT2D eigenvalue weighted by molar-refractivity contribution is 5.64. The van der Waals surface area contributed by atoms with Gasteiger partial charge in [-0.25, -0.2) is 4.98 Å². The van der Waals surface area contributed by atoms with Gasteiger partial charge < -0.3 is 13.9 Å². The van der Waals surface area contributed by atoms with Gasteiger partial charge in [-0.3, -0.25) is 0 Å². The summed E-state index contributed by atoms with van der Waals surface area (Å²) in [7, 11) is 3.22. The average molecular weight is 281 g/mol. The van der Waals surface area contributed by atoms with Crippen LogP contribution in [0.5, 0.6) is 11.5 Å². The number of hydrogen-bond donors (Lipinski definition) is 0. The summed E-state index contributed by atoms with van der Waals surface area (Å²) < 4.78 is 16.4. The van der Waals surface area contributed by atoms with E-state index in [9.17, 15) is 0 Å². The Labute approximate surface area is 123 Å². The monoisotopic (exact) mass is 281 g/mol. The summed E-state index contributed by atoms with van der Waals surface area (Å²) in [5, 5.41) is 0. The molecule has 0 bridgehead atoms. The number of nitrogens with zero attached hydrogens (tertiary/aromatic N) is 1. The molecule has 0 aliphatic heterocycles. The second-order valence-electron chi connectivity index (χ2n) is 4.47. The summed E-state index contributed by atoms with van der Waals surface area (Å²) in [6.45, 7) is 0. The Morgan fingerprint density at radius 1 is 0.857 bits per heavy atom. The molecule has 1 aromatic heterocycles. The first-order valence-corrected chi connectivity index (χ1v) is 6.55. The molecule has 1 heterocycles. The molecule has 4 heteroatoms. The van der Waals surface area contributed by atoms with Crippen molar-refractivity contribution in [3.63, 3.8) is 0 Å². The molecule has 0 aliphatic rings. The fraction of sp³-hybridized carbons (Fsp3) is 0.118. The van der Waals surface area contributed by atoms with Gasteiger partial charge >= 0.3 is 0 Å². The number of oxazole rings is 1. The van der Waals surface area contributed by atoms with Gasteiger partial charge in [-0.15, -0.1) is 0 Å². The minimum Gasteiger partial charge on any atom is -0.493 e. The van der Waals surface area contributed by atoms with E-state index in [-0.39, 0.29) is 0 Å². The van der Waals surface area contributed by atoms with Crippen molar-refractivity contribution in [2.24, 2.45) is 0 Å². The predicted octanol–water partition coefficient (Wildman–Crippen LogP) is 4.03. The Hall–Kier alpha value is -2.75. The fourth-order valence-electron chi connectivity index (χ4n) is 2.11. The van der Waals surface area contributed by atoms with Crippen LogP contribution < -0.4 is 9.47 Å². The van der Waals surface area contributed by atoms with Gasteiger partial charge in [0.15, 0.2) is 17.3 Å². The van der Waals surface area contributed by atoms with Gasteiger partial charge in [0.1, 0.15) is 0 Å². The van der Waals surface area contributed by atoms with Gasteiger partial charge in [0.2, 0.25) is 5.89 Å². The number of aromatic nitrogens is 1. The molecule has 0 saturated heterocycles. The van der Waals surface area contributed by atoms with Gasteiger partial charge in [-0.2, -0.15) is 0 Å². The molecule has 0 aliphatic carbocycles. The van der Waals surface area contributed by atoms with E-state index in [1.807, 2.05) is 48.5 Å². The maximum Gasteiger partial charge on any atom is 0.226 e. The van der Waals surface area contributed by atoms with Crippen LogP contribution in [-0.2, 0) is 0 Å². The summed E-state index contributed by atoms with van der Waals surface area (Å²) in [5.41, 5.74) is 1.84. The van der Waals surface area contributed by atoms with Crippen molar-refractivity contribution in [1.29, 1.82) is 0 Å². The first kappa shape index (κ1) is 13.2. The highest BCUT2D eigenvalue weighted by Crippen LogP contribution is 2.33. The first-order chi connectivity index (χ1) is 10.3. The van der Waals surface area contributed by atoms with Crippen molar-refractivity contribution in [2.75, 3.05) is 14.2 Å². The lowest BCUT2D eigenvalue weighted by Crippen LogP contribution is -1.90. The number of rotatable bonds is 4. The van der Waals surface area contributed by atoms with Crippen molar-refractivity contribution in [3.8, 4) is 34.3 Å². The summed E-state index contributed by atoms with van der Waals surface area (Å²) in [6, 6.07) is 15.4. The van der Waals surface area contributed by atoms with Crippen LogP contribution in [0.4, 0.5) is 0 Å². The van der Waals surface area contributed by atoms with Crippen molar-refractivity contribution < 1.29 is 13.9 Å². The fourth-order valence-corrected chi connectivity index (χ4v) is 2.11. The standard InChI is InChI=1S/C17H15NO3/c1-19-14-9-8-13(10-15(14)20-2)16-11-18-17(21-16)12-6-4-3-5-7-12/h3-11H,1-2H3. The van der Waals surface area contributed by atoms with Gasteiger partial charge in [-0.05, 0) is 30.3 Å². The molecule has 0 spiro atoms. The molecule has 0 unspecified atom stereocenters. The number of hydrogen-bond acceptors (Lipinski definition) is 4. The summed E-state index contributed by atoms with van der Waals surface area (Å²) in [4.78, 5) is 4.32. The summed E-state index contributed by atoms with van der Waals surface area (Å²) in [5.74, 6) is 2.63. The molecule has 4 nitrogen and oxygen atoms in total. The molecule has 0 atom stereocenters. The van der Waals surface area contributed by atoms with Crippen molar-refractivity contribution in [1.82, 2.24) is 4.98 Å². The van der Waals surface area contributed by atoms with Crippen LogP contribution in [-0.4, -0.2) is 19.2 Å². The van der Waals surface area contributed by atoms with Crippen LogP contribution in [0.2, 0.25) is 0 Å². The van der Waals surface area contributed by atoms with Crippen LogP contribution >= 0.6 is 0 Å². The van der Waals surface area contributed by atoms with Crippen LogP contribution in [0.15, 0.2) is 59.1 Å². The molecule has 21 heavy (non-hydrogen) atoms. The largest absolute Gasteiger partial charge is 0.493 e. The third-order valence-electron chi connectivity index (χ3n) is 3.19. The smallest absolute Gasteiger partial charge is 0.226 e. The minimum atomic E-state index is 0.598. The van der Waals surface area contributed by atoms with Gasteiger partial charge in [0, 0.05) is 11.1 Å². The molecule has 106 valence electrons. The molecule has 0 N–H and O–H groups in total. The lowest BCUT2D eigenvalue weighted by atomic mass is 10.1. The average Bonchev–Trinajstić information content (AvgIpc) is 3.05. The van der Waals surface area contributed by atoms with Crippen LogP contribution in [0.25, 0.3) is 22.8 Å². The zero-order chi connectivity index (χ0) is 14.7. The van der Waals surface area contributed by atoms with E-state index >= 15 is 0 Å². The Morgan fingerprint density at radius 2 is 1.62 bits per heavy atom. The molecule has 2 aromatic carbocycles. The van der Waals surface area contributed by atoms with Crippen LogP contribution in [0, 0.1) is 0 Å². The molecular formula is C17H15NO3. The van der Waals surface area contributed by atoms with Crippen molar-refractivity contribution in [3.05, 3.63) is 54.7 Å². The molecule has 0 amide bonds. The molecule has 0 radical (unpaired) electrons. The zero-order valence-corrected chi connectivity index (χ0v) is 11.9. The van der Waals surface area contributed by atoms with Crippen LogP contribution in [0.3, 0.4) is 0 Å². The quantitative estimate of drug-likeness (QED) is 0.724. The second kappa shape index (κ2) is 5.71. The van der Waals surface area contributed by atoms with Crippen molar-refractivity contribution in [2.45, 2.75) is 0 Å².